The molecule has 1 nitrogen and oxygen atoms in total. The SMILES string of the molecule is C=CCCC(CCSC)NC. The van der Waals surface area contributed by atoms with Crippen LogP contribution in [-0.2, 0) is 0 Å². The van der Waals surface area contributed by atoms with Gasteiger partial charge in [-0.15, -0.1) is 6.58 Å². The first-order chi connectivity index (χ1) is 5.35. The second-order valence-electron chi connectivity index (χ2n) is 2.63. The van der Waals surface area contributed by atoms with E-state index in [4.69, 9.17) is 0 Å². The zero-order valence-electron chi connectivity index (χ0n) is 7.60. The number of hydrogen-bond acceptors (Lipinski definition) is 2. The molecule has 66 valence electrons. The van der Waals surface area contributed by atoms with Gasteiger partial charge >= 0.3 is 0 Å². The van der Waals surface area contributed by atoms with E-state index in [0.717, 1.165) is 6.42 Å². The Morgan fingerprint density at radius 1 is 1.55 bits per heavy atom. The third-order valence-electron chi connectivity index (χ3n) is 1.80. The number of allylic oxidation sites excluding steroid dienone is 1. The Labute approximate surface area is 74.6 Å². The predicted molar refractivity (Wildman–Crippen MR) is 55.3 cm³/mol. The quantitative estimate of drug-likeness (QED) is 0.593. The molecular formula is C9H19NS. The number of hydrogen-bond donors (Lipinski definition) is 1. The fourth-order valence-electron chi connectivity index (χ4n) is 1.01. The summed E-state index contributed by atoms with van der Waals surface area (Å²) in [5.41, 5.74) is 0. The summed E-state index contributed by atoms with van der Waals surface area (Å²) in [5.74, 6) is 1.25. The molecule has 0 radical (unpaired) electrons. The molecule has 1 atom stereocenters. The zero-order valence-corrected chi connectivity index (χ0v) is 8.41. The Balaban J connectivity index is 3.32. The highest BCUT2D eigenvalue weighted by atomic mass is 32.2. The van der Waals surface area contributed by atoms with Gasteiger partial charge in [-0.2, -0.15) is 11.8 Å². The first kappa shape index (κ1) is 11.1. The van der Waals surface area contributed by atoms with Crippen LogP contribution in [-0.4, -0.2) is 25.1 Å². The molecule has 0 aliphatic carbocycles. The number of thioether (sulfide) groups is 1. The van der Waals surface area contributed by atoms with Crippen LogP contribution >= 0.6 is 11.8 Å². The van der Waals surface area contributed by atoms with Gasteiger partial charge in [0.1, 0.15) is 0 Å². The summed E-state index contributed by atoms with van der Waals surface area (Å²) in [7, 11) is 2.04. The van der Waals surface area contributed by atoms with Crippen LogP contribution < -0.4 is 5.32 Å². The summed E-state index contributed by atoms with van der Waals surface area (Å²) in [6.45, 7) is 3.71. The van der Waals surface area contributed by atoms with Gasteiger partial charge in [-0.05, 0) is 38.3 Å². The first-order valence-electron chi connectivity index (χ1n) is 4.12. The van der Waals surface area contributed by atoms with Crippen molar-refractivity contribution in [2.45, 2.75) is 25.3 Å². The molecule has 0 spiro atoms. The summed E-state index contributed by atoms with van der Waals surface area (Å²) in [6.07, 6.45) is 7.76. The number of nitrogens with one attached hydrogen (secondary N) is 1. The van der Waals surface area contributed by atoms with Crippen LogP contribution in [0.4, 0.5) is 0 Å². The smallest absolute Gasteiger partial charge is 0.00748 e. The summed E-state index contributed by atoms with van der Waals surface area (Å²) >= 11 is 1.91. The Hall–Kier alpha value is 0.0500. The predicted octanol–water partition coefficient (Wildman–Crippen LogP) is 2.29. The largest absolute Gasteiger partial charge is 0.317 e. The molecule has 0 aromatic carbocycles. The topological polar surface area (TPSA) is 12.0 Å². The van der Waals surface area contributed by atoms with E-state index in [1.807, 2.05) is 24.9 Å². The first-order valence-corrected chi connectivity index (χ1v) is 5.51. The molecule has 0 rings (SSSR count). The van der Waals surface area contributed by atoms with Gasteiger partial charge in [0.2, 0.25) is 0 Å². The molecule has 11 heavy (non-hydrogen) atoms. The maximum atomic E-state index is 3.71. The minimum atomic E-state index is 0.681. The van der Waals surface area contributed by atoms with Gasteiger partial charge < -0.3 is 5.32 Å². The average molecular weight is 173 g/mol. The minimum absolute atomic E-state index is 0.681. The monoisotopic (exact) mass is 173 g/mol. The van der Waals surface area contributed by atoms with E-state index in [1.165, 1.54) is 18.6 Å². The van der Waals surface area contributed by atoms with Gasteiger partial charge in [0, 0.05) is 6.04 Å². The summed E-state index contributed by atoms with van der Waals surface area (Å²) < 4.78 is 0. The second kappa shape index (κ2) is 8.15. The van der Waals surface area contributed by atoms with Crippen molar-refractivity contribution in [3.63, 3.8) is 0 Å². The molecule has 0 aliphatic rings. The molecule has 1 unspecified atom stereocenters. The Morgan fingerprint density at radius 3 is 2.73 bits per heavy atom. The fraction of sp³-hybridized carbons (Fsp3) is 0.778. The lowest BCUT2D eigenvalue weighted by molar-refractivity contribution is 0.516. The van der Waals surface area contributed by atoms with Gasteiger partial charge in [-0.3, -0.25) is 0 Å². The van der Waals surface area contributed by atoms with Gasteiger partial charge in [0.05, 0.1) is 0 Å². The molecule has 2 heteroatoms. The summed E-state index contributed by atoms with van der Waals surface area (Å²) in [4.78, 5) is 0. The lowest BCUT2D eigenvalue weighted by Gasteiger charge is -2.13. The van der Waals surface area contributed by atoms with Crippen LogP contribution in [0.1, 0.15) is 19.3 Å². The maximum absolute atomic E-state index is 3.71. The standard InChI is InChI=1S/C9H19NS/c1-4-5-6-9(10-2)7-8-11-3/h4,9-10H,1,5-8H2,2-3H3. The molecule has 0 aromatic rings. The summed E-state index contributed by atoms with van der Waals surface area (Å²) in [6, 6.07) is 0.681. The molecule has 1 N–H and O–H groups in total. The third kappa shape index (κ3) is 6.45. The van der Waals surface area contributed by atoms with Gasteiger partial charge in [-0.1, -0.05) is 6.08 Å². The van der Waals surface area contributed by atoms with Crippen LogP contribution in [0.2, 0.25) is 0 Å². The van der Waals surface area contributed by atoms with E-state index in [0.29, 0.717) is 6.04 Å². The van der Waals surface area contributed by atoms with Crippen molar-refractivity contribution in [2.24, 2.45) is 0 Å². The van der Waals surface area contributed by atoms with E-state index >= 15 is 0 Å². The van der Waals surface area contributed by atoms with Crippen molar-refractivity contribution < 1.29 is 0 Å². The van der Waals surface area contributed by atoms with Crippen molar-refractivity contribution in [2.75, 3.05) is 19.1 Å². The van der Waals surface area contributed by atoms with Crippen LogP contribution in [0.15, 0.2) is 12.7 Å². The third-order valence-corrected chi connectivity index (χ3v) is 2.44. The lowest BCUT2D eigenvalue weighted by Crippen LogP contribution is -2.25. The minimum Gasteiger partial charge on any atom is -0.317 e. The normalized spacial score (nSPS) is 12.9. The second-order valence-corrected chi connectivity index (χ2v) is 3.62. The molecule has 0 heterocycles. The number of rotatable bonds is 7. The molecule has 0 saturated heterocycles. The summed E-state index contributed by atoms with van der Waals surface area (Å²) in [5, 5.41) is 3.31. The van der Waals surface area contributed by atoms with Crippen LogP contribution in [0, 0.1) is 0 Å². The van der Waals surface area contributed by atoms with Crippen molar-refractivity contribution in [3.8, 4) is 0 Å². The van der Waals surface area contributed by atoms with Crippen molar-refractivity contribution >= 4 is 11.8 Å². The van der Waals surface area contributed by atoms with Crippen LogP contribution in [0.25, 0.3) is 0 Å². The van der Waals surface area contributed by atoms with Crippen LogP contribution in [0.3, 0.4) is 0 Å². The lowest BCUT2D eigenvalue weighted by atomic mass is 10.1. The van der Waals surface area contributed by atoms with Crippen LogP contribution in [0.5, 0.6) is 0 Å². The highest BCUT2D eigenvalue weighted by Crippen LogP contribution is 2.05. The Kier molecular flexibility index (Phi) is 8.19. The maximum Gasteiger partial charge on any atom is 0.00748 e. The Morgan fingerprint density at radius 2 is 2.27 bits per heavy atom. The zero-order chi connectivity index (χ0) is 8.53. The van der Waals surface area contributed by atoms with E-state index in [1.54, 1.807) is 0 Å². The fourth-order valence-corrected chi connectivity index (χ4v) is 1.53. The molecule has 0 aliphatic heterocycles. The van der Waals surface area contributed by atoms with E-state index in [-0.39, 0.29) is 0 Å². The molecule has 0 fully saturated rings. The van der Waals surface area contributed by atoms with E-state index in [9.17, 15) is 0 Å². The molecule has 0 amide bonds. The highest BCUT2D eigenvalue weighted by molar-refractivity contribution is 7.98. The van der Waals surface area contributed by atoms with Crippen molar-refractivity contribution in [1.29, 1.82) is 0 Å². The Bertz CT molecular complexity index is 93.6. The van der Waals surface area contributed by atoms with Gasteiger partial charge in [0.25, 0.3) is 0 Å². The molecule has 0 saturated carbocycles. The van der Waals surface area contributed by atoms with Gasteiger partial charge in [0.15, 0.2) is 0 Å². The molecule has 0 bridgehead atoms. The highest BCUT2D eigenvalue weighted by Gasteiger charge is 2.02. The molecule has 0 aromatic heterocycles. The van der Waals surface area contributed by atoms with E-state index in [2.05, 4.69) is 18.2 Å². The average Bonchev–Trinajstić information content (AvgIpc) is 2.05. The van der Waals surface area contributed by atoms with Crippen molar-refractivity contribution in [1.82, 2.24) is 5.32 Å². The van der Waals surface area contributed by atoms with Gasteiger partial charge in [-0.25, -0.2) is 0 Å². The molecular weight excluding hydrogens is 154 g/mol. The van der Waals surface area contributed by atoms with Crippen molar-refractivity contribution in [3.05, 3.63) is 12.7 Å². The van der Waals surface area contributed by atoms with E-state index < -0.39 is 0 Å².